The number of benzene rings is 2. The molecule has 3 atom stereocenters. The maximum absolute atomic E-state index is 11.9. The summed E-state index contributed by atoms with van der Waals surface area (Å²) in [5.41, 5.74) is 3.04. The molecule has 2 heterocycles. The summed E-state index contributed by atoms with van der Waals surface area (Å²) in [5, 5.41) is 21.3. The van der Waals surface area contributed by atoms with E-state index in [1.54, 1.807) is 35.2 Å². The van der Waals surface area contributed by atoms with E-state index in [4.69, 9.17) is 37.8 Å². The number of nitrogens with zero attached hydrogens (tertiary/aromatic N) is 2. The number of ether oxygens (including phenoxy) is 2. The number of halogens is 2. The highest BCUT2D eigenvalue weighted by Crippen LogP contribution is 2.39. The maximum atomic E-state index is 11.9. The predicted molar refractivity (Wildman–Crippen MR) is 133 cm³/mol. The van der Waals surface area contributed by atoms with Crippen LogP contribution in [0.25, 0.3) is 0 Å². The van der Waals surface area contributed by atoms with Crippen LogP contribution in [0.2, 0.25) is 10.3 Å². The number of carbonyl (C=O) groups is 2. The van der Waals surface area contributed by atoms with Crippen LogP contribution in [0.15, 0.2) is 54.9 Å². The Morgan fingerprint density at radius 3 is 2.33 bits per heavy atom. The third-order valence-corrected chi connectivity index (χ3v) is 6.55. The minimum absolute atomic E-state index is 0.0424. The molecule has 0 spiro atoms. The second-order valence-electron chi connectivity index (χ2n) is 8.39. The summed E-state index contributed by atoms with van der Waals surface area (Å²) >= 11 is 12.3. The van der Waals surface area contributed by atoms with Gasteiger partial charge in [-0.25, -0.2) is 4.98 Å². The molecule has 0 aliphatic carbocycles. The van der Waals surface area contributed by atoms with Gasteiger partial charge in [-0.2, -0.15) is 0 Å². The number of carboxylic acid groups (broad SMARTS) is 1. The number of hydrogen-bond acceptors (Lipinski definition) is 6. The number of anilines is 1. The first-order valence-electron chi connectivity index (χ1n) is 11.3. The van der Waals surface area contributed by atoms with Crippen LogP contribution in [0.4, 0.5) is 5.69 Å². The lowest BCUT2D eigenvalue weighted by Gasteiger charge is -2.36. The lowest BCUT2D eigenvalue weighted by atomic mass is 10.00. The molecule has 1 saturated heterocycles. The van der Waals surface area contributed by atoms with Gasteiger partial charge in [0.1, 0.15) is 5.15 Å². The average Bonchev–Trinajstić information content (AvgIpc) is 3.20. The normalized spacial score (nSPS) is 19.7. The molecule has 0 radical (unpaired) electrons. The molecule has 0 unspecified atom stereocenters. The van der Waals surface area contributed by atoms with Crippen molar-refractivity contribution < 1.29 is 29.3 Å². The number of nitrogens with one attached hydrogen (secondary N) is 1. The minimum Gasteiger partial charge on any atom is -0.481 e. The van der Waals surface area contributed by atoms with Gasteiger partial charge in [-0.05, 0) is 23.3 Å². The van der Waals surface area contributed by atoms with Gasteiger partial charge in [-0.15, -0.1) is 0 Å². The molecule has 3 aromatic rings. The molecular weight excluding hydrogens is 509 g/mol. The van der Waals surface area contributed by atoms with E-state index >= 15 is 0 Å². The Bertz CT molecular complexity index is 1200. The molecule has 36 heavy (non-hydrogen) atoms. The van der Waals surface area contributed by atoms with E-state index in [0.29, 0.717) is 23.8 Å². The zero-order valence-corrected chi connectivity index (χ0v) is 20.7. The minimum atomic E-state index is -1.03. The van der Waals surface area contributed by atoms with Crippen LogP contribution in [0.5, 0.6) is 0 Å². The van der Waals surface area contributed by atoms with Crippen LogP contribution in [-0.2, 0) is 32.2 Å². The third kappa shape index (κ3) is 6.63. The van der Waals surface area contributed by atoms with Crippen molar-refractivity contribution in [1.29, 1.82) is 0 Å². The summed E-state index contributed by atoms with van der Waals surface area (Å²) in [6.07, 6.45) is 0.525. The molecule has 1 aliphatic rings. The van der Waals surface area contributed by atoms with Gasteiger partial charge in [0, 0.05) is 24.1 Å². The lowest BCUT2D eigenvalue weighted by Crippen LogP contribution is -2.32. The number of aromatic nitrogens is 2. The maximum Gasteiger partial charge on any atom is 0.303 e. The number of imidazole rings is 1. The number of hydrogen-bond donors (Lipinski definition) is 3. The van der Waals surface area contributed by atoms with Crippen LogP contribution in [0, 0.1) is 0 Å². The Balaban J connectivity index is 1.51. The first-order valence-corrected chi connectivity index (χ1v) is 12.1. The van der Waals surface area contributed by atoms with E-state index in [1.165, 1.54) is 0 Å². The molecule has 2 aromatic carbocycles. The van der Waals surface area contributed by atoms with Crippen LogP contribution < -0.4 is 5.32 Å². The van der Waals surface area contributed by atoms with Gasteiger partial charge in [0.2, 0.25) is 5.91 Å². The summed E-state index contributed by atoms with van der Waals surface area (Å²) in [7, 11) is 0. The number of rotatable bonds is 9. The fraction of sp³-hybridized carbons (Fsp3) is 0.320. The molecule has 0 bridgehead atoms. The second-order valence-corrected chi connectivity index (χ2v) is 9.11. The quantitative estimate of drug-likeness (QED) is 0.363. The summed E-state index contributed by atoms with van der Waals surface area (Å²) < 4.78 is 14.3. The van der Waals surface area contributed by atoms with Crippen molar-refractivity contribution in [3.63, 3.8) is 0 Å². The molecule has 1 aromatic heterocycles. The van der Waals surface area contributed by atoms with Gasteiger partial charge < -0.3 is 29.6 Å². The Morgan fingerprint density at radius 2 is 1.72 bits per heavy atom. The lowest BCUT2D eigenvalue weighted by molar-refractivity contribution is -0.252. The summed E-state index contributed by atoms with van der Waals surface area (Å²) in [6, 6.07) is 14.5. The highest BCUT2D eigenvalue weighted by atomic mass is 35.5. The van der Waals surface area contributed by atoms with Gasteiger partial charge in [0.25, 0.3) is 0 Å². The highest BCUT2D eigenvalue weighted by molar-refractivity contribution is 6.40. The van der Waals surface area contributed by atoms with Crippen molar-refractivity contribution in [2.45, 2.75) is 50.9 Å². The Kier molecular flexibility index (Phi) is 8.60. The number of aliphatic hydroxyl groups excluding tert-OH is 1. The standard InChI is InChI=1S/C25H25Cl2N3O6/c26-23-24(27)30(14-28-23)12-19-11-20(16-3-1-15(13-31)2-4-16)36-25(35-19)17-5-7-18(8-6-17)29-21(32)9-10-22(33)34/h1-8,14,19-20,25,31H,9-13H2,(H,29,32)(H,33,34)/t19-,20+,25+/m1/s1. The monoisotopic (exact) mass is 533 g/mol. The number of aliphatic carboxylic acids is 1. The van der Waals surface area contributed by atoms with Crippen molar-refractivity contribution in [3.8, 4) is 0 Å². The van der Waals surface area contributed by atoms with Crippen molar-refractivity contribution in [1.82, 2.24) is 9.55 Å². The molecule has 0 saturated carbocycles. The van der Waals surface area contributed by atoms with Gasteiger partial charge >= 0.3 is 5.97 Å². The van der Waals surface area contributed by atoms with Gasteiger partial charge in [0.15, 0.2) is 11.4 Å². The van der Waals surface area contributed by atoms with Gasteiger partial charge in [-0.1, -0.05) is 59.6 Å². The average molecular weight is 534 g/mol. The van der Waals surface area contributed by atoms with Crippen molar-refractivity contribution in [2.24, 2.45) is 0 Å². The first-order chi connectivity index (χ1) is 17.3. The number of aliphatic hydroxyl groups is 1. The van der Waals surface area contributed by atoms with E-state index in [-0.39, 0.29) is 42.7 Å². The number of carbonyl (C=O) groups excluding carboxylic acids is 1. The zero-order chi connectivity index (χ0) is 25.7. The van der Waals surface area contributed by atoms with E-state index in [0.717, 1.165) is 16.7 Å². The Morgan fingerprint density at radius 1 is 1.03 bits per heavy atom. The van der Waals surface area contributed by atoms with E-state index < -0.39 is 12.3 Å². The van der Waals surface area contributed by atoms with Crippen molar-refractivity contribution in [3.05, 3.63) is 81.9 Å². The molecule has 9 nitrogen and oxygen atoms in total. The molecular formula is C25H25Cl2N3O6. The fourth-order valence-electron chi connectivity index (χ4n) is 3.89. The highest BCUT2D eigenvalue weighted by Gasteiger charge is 2.33. The smallest absolute Gasteiger partial charge is 0.303 e. The molecule has 1 fully saturated rings. The number of amides is 1. The first kappa shape index (κ1) is 26.1. The van der Waals surface area contributed by atoms with Crippen LogP contribution in [-0.4, -0.2) is 37.7 Å². The van der Waals surface area contributed by atoms with E-state index in [9.17, 15) is 14.7 Å². The topological polar surface area (TPSA) is 123 Å². The molecule has 11 heteroatoms. The van der Waals surface area contributed by atoms with Gasteiger partial charge in [-0.3, -0.25) is 9.59 Å². The van der Waals surface area contributed by atoms with Crippen LogP contribution in [0.1, 0.15) is 48.3 Å². The van der Waals surface area contributed by atoms with Crippen LogP contribution in [0.3, 0.4) is 0 Å². The van der Waals surface area contributed by atoms with E-state index in [1.807, 2.05) is 24.3 Å². The molecule has 1 amide bonds. The largest absolute Gasteiger partial charge is 0.481 e. The van der Waals surface area contributed by atoms with Crippen molar-refractivity contribution >= 4 is 40.8 Å². The molecule has 190 valence electrons. The SMILES string of the molecule is O=C(O)CCC(=O)Nc1ccc([C@H]2O[C@@H](Cn3cnc(Cl)c3Cl)C[C@@H](c3ccc(CO)cc3)O2)cc1. The van der Waals surface area contributed by atoms with Crippen LogP contribution >= 0.6 is 23.2 Å². The Hall–Kier alpha value is -2.95. The van der Waals surface area contributed by atoms with Crippen molar-refractivity contribution in [2.75, 3.05) is 5.32 Å². The molecule has 4 rings (SSSR count). The summed E-state index contributed by atoms with van der Waals surface area (Å²) in [4.78, 5) is 26.6. The fourth-order valence-corrected chi connectivity index (χ4v) is 4.20. The molecule has 1 aliphatic heterocycles. The third-order valence-electron chi connectivity index (χ3n) is 5.78. The number of carboxylic acids is 1. The Labute approximate surface area is 217 Å². The summed E-state index contributed by atoms with van der Waals surface area (Å²) in [5.74, 6) is -1.40. The zero-order valence-electron chi connectivity index (χ0n) is 19.1. The van der Waals surface area contributed by atoms with Gasteiger partial charge in [0.05, 0.1) is 38.1 Å². The summed E-state index contributed by atoms with van der Waals surface area (Å²) in [6.45, 7) is 0.376. The molecule has 3 N–H and O–H groups in total. The predicted octanol–water partition coefficient (Wildman–Crippen LogP) is 4.73. The van der Waals surface area contributed by atoms with E-state index in [2.05, 4.69) is 10.3 Å². The second kappa shape index (κ2) is 11.9.